The molecule has 2 heterocycles. The molecule has 1 aromatic rings. The quantitative estimate of drug-likeness (QED) is 0.830. The van der Waals surface area contributed by atoms with Gasteiger partial charge >= 0.3 is 0 Å². The van der Waals surface area contributed by atoms with Crippen LogP contribution in [0.1, 0.15) is 24.8 Å². The van der Waals surface area contributed by atoms with Gasteiger partial charge in [-0.3, -0.25) is 9.69 Å². The number of carbonyl (C=O) groups is 1. The number of benzene rings is 1. The van der Waals surface area contributed by atoms with Crippen molar-refractivity contribution in [3.05, 3.63) is 34.6 Å². The van der Waals surface area contributed by atoms with Crippen molar-refractivity contribution in [2.24, 2.45) is 0 Å². The van der Waals surface area contributed by atoms with Gasteiger partial charge in [-0.2, -0.15) is 0 Å². The normalized spacial score (nSPS) is 26.6. The Hall–Kier alpha value is -1.17. The number of likely N-dealkylation sites (tertiary alicyclic amines) is 1. The Balaban J connectivity index is 1.76. The second-order valence-electron chi connectivity index (χ2n) is 6.47. The number of nitrogens with zero attached hydrogens (tertiary/aromatic N) is 2. The van der Waals surface area contributed by atoms with Gasteiger partial charge in [0.05, 0.1) is 6.61 Å². The van der Waals surface area contributed by atoms with Crippen LogP contribution in [0.15, 0.2) is 18.2 Å². The molecule has 1 atom stereocenters. The number of likely N-dealkylation sites (N-methyl/N-ethyl adjacent to an activating group) is 1. The van der Waals surface area contributed by atoms with Crippen molar-refractivity contribution in [3.63, 3.8) is 0 Å². The van der Waals surface area contributed by atoms with Gasteiger partial charge in [-0.15, -0.1) is 0 Å². The van der Waals surface area contributed by atoms with Crippen LogP contribution in [-0.2, 0) is 16.1 Å². The van der Waals surface area contributed by atoms with E-state index in [4.69, 9.17) is 16.3 Å². The number of amides is 1. The summed E-state index contributed by atoms with van der Waals surface area (Å²) in [6, 6.07) is 4.46. The molecule has 2 saturated heterocycles. The molecule has 0 saturated carbocycles. The molecule has 2 fully saturated rings. The average Bonchev–Trinajstić information content (AvgIpc) is 2.65. The van der Waals surface area contributed by atoms with Crippen molar-refractivity contribution >= 4 is 17.5 Å². The van der Waals surface area contributed by atoms with E-state index in [2.05, 4.69) is 4.90 Å². The van der Waals surface area contributed by atoms with Gasteiger partial charge < -0.3 is 9.64 Å². The average molecular weight is 341 g/mol. The predicted molar refractivity (Wildman–Crippen MR) is 86.9 cm³/mol. The second-order valence-corrected chi connectivity index (χ2v) is 6.88. The Morgan fingerprint density at radius 2 is 2.17 bits per heavy atom. The van der Waals surface area contributed by atoms with Crippen LogP contribution in [-0.4, -0.2) is 54.6 Å². The van der Waals surface area contributed by atoms with Crippen molar-refractivity contribution in [1.29, 1.82) is 0 Å². The lowest BCUT2D eigenvalue weighted by atomic mass is 9.94. The fraction of sp³-hybridized carbons (Fsp3) is 0.588. The van der Waals surface area contributed by atoms with Crippen LogP contribution < -0.4 is 0 Å². The maximum atomic E-state index is 13.2. The zero-order valence-electron chi connectivity index (χ0n) is 13.4. The smallest absolute Gasteiger partial charge is 0.255 e. The van der Waals surface area contributed by atoms with E-state index < -0.39 is 5.60 Å². The van der Waals surface area contributed by atoms with E-state index in [0.29, 0.717) is 24.7 Å². The highest BCUT2D eigenvalue weighted by atomic mass is 35.5. The number of ether oxygens (including phenoxy) is 1. The zero-order valence-corrected chi connectivity index (χ0v) is 14.1. The van der Waals surface area contributed by atoms with Gasteiger partial charge in [-0.25, -0.2) is 4.39 Å². The minimum atomic E-state index is -0.740. The number of rotatable bonds is 2. The van der Waals surface area contributed by atoms with Crippen LogP contribution in [0.5, 0.6) is 0 Å². The first kappa shape index (κ1) is 16.7. The van der Waals surface area contributed by atoms with Crippen molar-refractivity contribution in [2.75, 3.05) is 33.3 Å². The topological polar surface area (TPSA) is 32.8 Å². The Labute approximate surface area is 141 Å². The molecule has 0 N–H and O–H groups in total. The molecule has 126 valence electrons. The molecule has 0 aliphatic carbocycles. The van der Waals surface area contributed by atoms with Crippen LogP contribution in [0.2, 0.25) is 5.02 Å². The van der Waals surface area contributed by atoms with Gasteiger partial charge in [0.15, 0.2) is 5.60 Å². The fourth-order valence-corrected chi connectivity index (χ4v) is 3.71. The minimum absolute atomic E-state index is 0.0740. The van der Waals surface area contributed by atoms with E-state index in [9.17, 15) is 9.18 Å². The summed E-state index contributed by atoms with van der Waals surface area (Å²) in [6.07, 6.45) is 2.75. The molecule has 1 aromatic carbocycles. The highest BCUT2D eigenvalue weighted by Crippen LogP contribution is 2.30. The lowest BCUT2D eigenvalue weighted by Gasteiger charge is -2.42. The number of morpholine rings is 1. The molecule has 1 amide bonds. The molecular weight excluding hydrogens is 319 g/mol. The molecule has 4 nitrogen and oxygen atoms in total. The summed E-state index contributed by atoms with van der Waals surface area (Å²) in [5, 5.41) is 0.426. The molecule has 0 aromatic heterocycles. The van der Waals surface area contributed by atoms with Crippen LogP contribution in [0.3, 0.4) is 0 Å². The van der Waals surface area contributed by atoms with Crippen molar-refractivity contribution in [1.82, 2.24) is 9.80 Å². The predicted octanol–water partition coefficient (Wildman–Crippen LogP) is 2.69. The van der Waals surface area contributed by atoms with Gasteiger partial charge in [0.25, 0.3) is 5.91 Å². The van der Waals surface area contributed by atoms with E-state index >= 15 is 0 Å². The summed E-state index contributed by atoms with van der Waals surface area (Å²) < 4.78 is 19.1. The lowest BCUT2D eigenvalue weighted by Crippen LogP contribution is -2.59. The molecule has 1 unspecified atom stereocenters. The monoisotopic (exact) mass is 340 g/mol. The van der Waals surface area contributed by atoms with E-state index in [0.717, 1.165) is 37.9 Å². The fourth-order valence-electron chi connectivity index (χ4n) is 3.48. The molecule has 0 bridgehead atoms. The van der Waals surface area contributed by atoms with E-state index in [1.807, 2.05) is 7.05 Å². The first-order valence-electron chi connectivity index (χ1n) is 8.06. The van der Waals surface area contributed by atoms with Crippen LogP contribution in [0.25, 0.3) is 0 Å². The molecule has 1 spiro atoms. The van der Waals surface area contributed by atoms with Crippen LogP contribution in [0, 0.1) is 5.82 Å². The summed E-state index contributed by atoms with van der Waals surface area (Å²) in [5.74, 6) is -0.261. The van der Waals surface area contributed by atoms with Crippen LogP contribution >= 0.6 is 11.6 Å². The van der Waals surface area contributed by atoms with E-state index in [1.54, 1.807) is 11.0 Å². The first-order valence-corrected chi connectivity index (χ1v) is 8.44. The molecule has 2 aliphatic heterocycles. The van der Waals surface area contributed by atoms with Crippen molar-refractivity contribution < 1.29 is 13.9 Å². The van der Waals surface area contributed by atoms with Gasteiger partial charge in [-0.1, -0.05) is 17.7 Å². The largest absolute Gasteiger partial charge is 0.362 e. The third-order valence-electron chi connectivity index (χ3n) is 4.73. The third kappa shape index (κ3) is 3.52. The summed E-state index contributed by atoms with van der Waals surface area (Å²) in [4.78, 5) is 16.7. The SMILES string of the molecule is CN1CCCCC2(CN(Cc3ccc(F)cc3Cl)CCO2)C1=O. The van der Waals surface area contributed by atoms with E-state index in [-0.39, 0.29) is 11.7 Å². The van der Waals surface area contributed by atoms with E-state index in [1.165, 1.54) is 12.1 Å². The lowest BCUT2D eigenvalue weighted by molar-refractivity contribution is -0.169. The van der Waals surface area contributed by atoms with Gasteiger partial charge in [0.2, 0.25) is 0 Å². The Bertz CT molecular complexity index is 598. The highest BCUT2D eigenvalue weighted by Gasteiger charge is 2.45. The molecule has 6 heteroatoms. The van der Waals surface area contributed by atoms with Gasteiger partial charge in [0, 0.05) is 38.2 Å². The first-order chi connectivity index (χ1) is 11.0. The standard InChI is InChI=1S/C17H22ClFN2O2/c1-20-7-3-2-6-17(16(20)22)12-21(8-9-23-17)11-13-4-5-14(19)10-15(13)18/h4-5,10H,2-3,6-9,11-12H2,1H3. The van der Waals surface area contributed by atoms with Gasteiger partial charge in [0.1, 0.15) is 5.82 Å². The van der Waals surface area contributed by atoms with Crippen molar-refractivity contribution in [2.45, 2.75) is 31.4 Å². The summed E-state index contributed by atoms with van der Waals surface area (Å²) in [6.45, 7) is 3.21. The van der Waals surface area contributed by atoms with Gasteiger partial charge in [-0.05, 0) is 37.0 Å². The number of hydrogen-bond acceptors (Lipinski definition) is 3. The Kier molecular flexibility index (Phi) is 4.90. The number of hydrogen-bond donors (Lipinski definition) is 0. The number of carbonyl (C=O) groups excluding carboxylic acids is 1. The Morgan fingerprint density at radius 3 is 2.96 bits per heavy atom. The van der Waals surface area contributed by atoms with Crippen molar-refractivity contribution in [3.8, 4) is 0 Å². The summed E-state index contributed by atoms with van der Waals surface area (Å²) in [7, 11) is 1.84. The summed E-state index contributed by atoms with van der Waals surface area (Å²) in [5.41, 5.74) is 0.135. The number of halogens is 2. The maximum Gasteiger partial charge on any atom is 0.255 e. The molecular formula is C17H22ClFN2O2. The molecule has 3 rings (SSSR count). The van der Waals surface area contributed by atoms with Crippen LogP contribution in [0.4, 0.5) is 4.39 Å². The molecule has 0 radical (unpaired) electrons. The minimum Gasteiger partial charge on any atom is -0.362 e. The summed E-state index contributed by atoms with van der Waals surface area (Å²) >= 11 is 6.13. The zero-order chi connectivity index (χ0) is 16.4. The molecule has 23 heavy (non-hydrogen) atoms. The Morgan fingerprint density at radius 1 is 1.35 bits per heavy atom. The third-order valence-corrected chi connectivity index (χ3v) is 5.09. The second kappa shape index (κ2) is 6.75. The highest BCUT2D eigenvalue weighted by molar-refractivity contribution is 6.31. The maximum absolute atomic E-state index is 13.2. The molecule has 2 aliphatic rings.